The monoisotopic (exact) mass is 232 g/mol. The van der Waals surface area contributed by atoms with E-state index in [0.717, 1.165) is 13.1 Å². The molecule has 1 N–H and O–H groups in total. The van der Waals surface area contributed by atoms with Gasteiger partial charge in [-0.2, -0.15) is 0 Å². The number of para-hydroxylation sites is 1. The molecular weight excluding hydrogens is 208 g/mol. The van der Waals surface area contributed by atoms with Crippen molar-refractivity contribution in [3.05, 3.63) is 23.8 Å². The van der Waals surface area contributed by atoms with Gasteiger partial charge in [0.05, 0.1) is 11.4 Å². The minimum absolute atomic E-state index is 0.308. The Morgan fingerprint density at radius 1 is 1.29 bits per heavy atom. The van der Waals surface area contributed by atoms with Crippen molar-refractivity contribution in [2.45, 2.75) is 33.6 Å². The Morgan fingerprint density at radius 3 is 2.65 bits per heavy atom. The lowest BCUT2D eigenvalue weighted by molar-refractivity contribution is 0.402. The quantitative estimate of drug-likeness (QED) is 0.794. The summed E-state index contributed by atoms with van der Waals surface area (Å²) < 4.78 is 0. The molecule has 1 heterocycles. The summed E-state index contributed by atoms with van der Waals surface area (Å²) in [4.78, 5) is 2.41. The highest BCUT2D eigenvalue weighted by atomic mass is 15.2. The molecule has 1 aliphatic heterocycles. The van der Waals surface area contributed by atoms with E-state index in [1.54, 1.807) is 0 Å². The minimum Gasteiger partial charge on any atom is -0.383 e. The van der Waals surface area contributed by atoms with Crippen LogP contribution in [-0.2, 0) is 0 Å². The van der Waals surface area contributed by atoms with Crippen LogP contribution in [0.5, 0.6) is 0 Å². The molecule has 0 saturated heterocycles. The van der Waals surface area contributed by atoms with Gasteiger partial charge in [-0.1, -0.05) is 39.8 Å². The molecule has 0 amide bonds. The van der Waals surface area contributed by atoms with Crippen LogP contribution >= 0.6 is 0 Å². The number of rotatable bonds is 1. The van der Waals surface area contributed by atoms with Gasteiger partial charge in [0.25, 0.3) is 0 Å². The molecule has 1 aliphatic rings. The second-order valence-electron chi connectivity index (χ2n) is 6.27. The van der Waals surface area contributed by atoms with Crippen LogP contribution in [-0.4, -0.2) is 20.1 Å². The zero-order chi connectivity index (χ0) is 12.6. The number of fused-ring (bicyclic) bond motifs is 1. The van der Waals surface area contributed by atoms with E-state index in [1.165, 1.54) is 16.9 Å². The summed E-state index contributed by atoms with van der Waals surface area (Å²) in [5, 5.41) is 3.60. The Kier molecular flexibility index (Phi) is 3.07. The maximum absolute atomic E-state index is 3.60. The van der Waals surface area contributed by atoms with Gasteiger partial charge in [-0.3, -0.25) is 0 Å². The lowest BCUT2D eigenvalue weighted by Crippen LogP contribution is -2.33. The highest BCUT2D eigenvalue weighted by Crippen LogP contribution is 2.38. The Morgan fingerprint density at radius 2 is 2.00 bits per heavy atom. The second kappa shape index (κ2) is 4.25. The summed E-state index contributed by atoms with van der Waals surface area (Å²) in [5.74, 6) is 0.565. The molecule has 0 spiro atoms. The van der Waals surface area contributed by atoms with Crippen LogP contribution in [0.15, 0.2) is 18.2 Å². The van der Waals surface area contributed by atoms with E-state index in [0.29, 0.717) is 11.3 Å². The molecule has 0 bridgehead atoms. The standard InChI is InChI=1S/C15H24N2/c1-11(2)12-7-6-8-13-14(12)17(5)10-15(3,4)9-16-13/h6-8,11,16H,9-10H2,1-5H3. The molecular formula is C15H24N2. The van der Waals surface area contributed by atoms with Crippen molar-refractivity contribution >= 4 is 11.4 Å². The first kappa shape index (κ1) is 12.3. The summed E-state index contributed by atoms with van der Waals surface area (Å²) >= 11 is 0. The third kappa shape index (κ3) is 2.41. The van der Waals surface area contributed by atoms with Gasteiger partial charge < -0.3 is 10.2 Å². The van der Waals surface area contributed by atoms with Gasteiger partial charge in [0.2, 0.25) is 0 Å². The topological polar surface area (TPSA) is 15.3 Å². The number of benzene rings is 1. The first-order valence-corrected chi connectivity index (χ1v) is 6.49. The van der Waals surface area contributed by atoms with E-state index in [1.807, 2.05) is 0 Å². The van der Waals surface area contributed by atoms with Crippen molar-refractivity contribution in [3.63, 3.8) is 0 Å². The van der Waals surface area contributed by atoms with Crippen LogP contribution in [0.1, 0.15) is 39.2 Å². The molecule has 2 heteroatoms. The largest absolute Gasteiger partial charge is 0.383 e. The average Bonchev–Trinajstić information content (AvgIpc) is 2.35. The van der Waals surface area contributed by atoms with Crippen LogP contribution in [0.25, 0.3) is 0 Å². The molecule has 1 aromatic carbocycles. The number of hydrogen-bond acceptors (Lipinski definition) is 2. The van der Waals surface area contributed by atoms with Crippen molar-refractivity contribution in [1.82, 2.24) is 0 Å². The summed E-state index contributed by atoms with van der Waals surface area (Å²) in [5.41, 5.74) is 4.41. The van der Waals surface area contributed by atoms with Crippen LogP contribution in [0.2, 0.25) is 0 Å². The van der Waals surface area contributed by atoms with Gasteiger partial charge in [-0.25, -0.2) is 0 Å². The fourth-order valence-electron chi connectivity index (χ4n) is 2.71. The zero-order valence-corrected chi connectivity index (χ0v) is 11.7. The normalized spacial score (nSPS) is 18.6. The van der Waals surface area contributed by atoms with Crippen LogP contribution in [0.4, 0.5) is 11.4 Å². The Balaban J connectivity index is 2.48. The van der Waals surface area contributed by atoms with Crippen LogP contribution in [0.3, 0.4) is 0 Å². The molecule has 2 nitrogen and oxygen atoms in total. The summed E-state index contributed by atoms with van der Waals surface area (Å²) in [6, 6.07) is 6.60. The molecule has 0 unspecified atom stereocenters. The van der Waals surface area contributed by atoms with Crippen LogP contribution < -0.4 is 10.2 Å². The lowest BCUT2D eigenvalue weighted by atomic mass is 9.93. The molecule has 1 aromatic rings. The number of nitrogens with zero attached hydrogens (tertiary/aromatic N) is 1. The predicted octanol–water partition coefficient (Wildman–Crippen LogP) is 3.70. The third-order valence-electron chi connectivity index (χ3n) is 3.49. The van der Waals surface area contributed by atoms with Gasteiger partial charge in [0, 0.05) is 20.1 Å². The van der Waals surface area contributed by atoms with Crippen molar-refractivity contribution in [2.24, 2.45) is 5.41 Å². The van der Waals surface area contributed by atoms with Crippen molar-refractivity contribution in [3.8, 4) is 0 Å². The number of anilines is 2. The second-order valence-corrected chi connectivity index (χ2v) is 6.27. The van der Waals surface area contributed by atoms with E-state index in [-0.39, 0.29) is 0 Å². The maximum Gasteiger partial charge on any atom is 0.0634 e. The maximum atomic E-state index is 3.60. The van der Waals surface area contributed by atoms with Gasteiger partial charge in [-0.15, -0.1) is 0 Å². The Bertz CT molecular complexity index is 407. The van der Waals surface area contributed by atoms with Crippen LogP contribution in [0, 0.1) is 5.41 Å². The molecule has 0 aromatic heterocycles. The highest BCUT2D eigenvalue weighted by Gasteiger charge is 2.27. The predicted molar refractivity (Wildman–Crippen MR) is 76.1 cm³/mol. The number of nitrogens with one attached hydrogen (secondary N) is 1. The van der Waals surface area contributed by atoms with E-state index in [9.17, 15) is 0 Å². The molecule has 0 saturated carbocycles. The lowest BCUT2D eigenvalue weighted by Gasteiger charge is -2.29. The summed E-state index contributed by atoms with van der Waals surface area (Å²) in [6.45, 7) is 11.3. The first-order valence-electron chi connectivity index (χ1n) is 6.49. The first-order chi connectivity index (χ1) is 7.91. The van der Waals surface area contributed by atoms with E-state index < -0.39 is 0 Å². The fourth-order valence-corrected chi connectivity index (χ4v) is 2.71. The highest BCUT2D eigenvalue weighted by molar-refractivity contribution is 5.75. The zero-order valence-electron chi connectivity index (χ0n) is 11.7. The van der Waals surface area contributed by atoms with Gasteiger partial charge in [0.15, 0.2) is 0 Å². The van der Waals surface area contributed by atoms with E-state index in [2.05, 4.69) is 63.2 Å². The van der Waals surface area contributed by atoms with Crippen molar-refractivity contribution in [1.29, 1.82) is 0 Å². The Labute approximate surface area is 105 Å². The molecule has 2 rings (SSSR count). The molecule has 17 heavy (non-hydrogen) atoms. The van der Waals surface area contributed by atoms with E-state index >= 15 is 0 Å². The van der Waals surface area contributed by atoms with Gasteiger partial charge in [0.1, 0.15) is 0 Å². The molecule has 0 radical (unpaired) electrons. The summed E-state index contributed by atoms with van der Waals surface area (Å²) in [7, 11) is 2.21. The number of hydrogen-bond donors (Lipinski definition) is 1. The van der Waals surface area contributed by atoms with Crippen molar-refractivity contribution in [2.75, 3.05) is 30.4 Å². The molecule has 0 fully saturated rings. The van der Waals surface area contributed by atoms with E-state index in [4.69, 9.17) is 0 Å². The fraction of sp³-hybridized carbons (Fsp3) is 0.600. The van der Waals surface area contributed by atoms with Gasteiger partial charge >= 0.3 is 0 Å². The SMILES string of the molecule is CC(C)c1cccc2c1N(C)CC(C)(C)CN2. The molecule has 94 valence electrons. The minimum atomic E-state index is 0.308. The Hall–Kier alpha value is -1.18. The van der Waals surface area contributed by atoms with Crippen molar-refractivity contribution < 1.29 is 0 Å². The average molecular weight is 232 g/mol. The molecule has 0 aliphatic carbocycles. The third-order valence-corrected chi connectivity index (χ3v) is 3.49. The van der Waals surface area contributed by atoms with Gasteiger partial charge in [-0.05, 0) is 23.0 Å². The summed E-state index contributed by atoms with van der Waals surface area (Å²) in [6.07, 6.45) is 0. The smallest absolute Gasteiger partial charge is 0.0634 e. The molecule has 0 atom stereocenters.